The molecule has 0 aromatic carbocycles. The summed E-state index contributed by atoms with van der Waals surface area (Å²) in [5, 5.41) is 3.71. The van der Waals surface area contributed by atoms with Crippen LogP contribution in [-0.4, -0.2) is 53.0 Å². The summed E-state index contributed by atoms with van der Waals surface area (Å²) in [6.07, 6.45) is 5.54. The highest BCUT2D eigenvalue weighted by molar-refractivity contribution is 5.90. The predicted octanol–water partition coefficient (Wildman–Crippen LogP) is 5.20. The average molecular weight is 451 g/mol. The Balaban J connectivity index is 3.02. The molecule has 0 amide bonds. The van der Waals surface area contributed by atoms with Crippen LogP contribution in [0.15, 0.2) is 0 Å². The largest absolute Gasteiger partial charge is 0.309 e. The Morgan fingerprint density at radius 3 is 1.59 bits per heavy atom. The van der Waals surface area contributed by atoms with Gasteiger partial charge in [0.1, 0.15) is 5.78 Å². The van der Waals surface area contributed by atoms with Gasteiger partial charge in [0, 0.05) is 28.8 Å². The van der Waals surface area contributed by atoms with Crippen LogP contribution in [-0.2, 0) is 14.4 Å². The first-order valence-electron chi connectivity index (χ1n) is 12.5. The molecule has 1 unspecified atom stereocenters. The fraction of sp³-hybridized carbons (Fsp3) is 0.889. The summed E-state index contributed by atoms with van der Waals surface area (Å²) in [4.78, 5) is 40.8. The Kier molecular flexibility index (Phi) is 10.3. The van der Waals surface area contributed by atoms with Crippen molar-refractivity contribution in [1.82, 2.24) is 10.2 Å². The van der Waals surface area contributed by atoms with Gasteiger partial charge in [0.25, 0.3) is 0 Å². The van der Waals surface area contributed by atoms with Crippen LogP contribution in [0, 0.1) is 16.7 Å². The van der Waals surface area contributed by atoms with Crippen LogP contribution in [0.25, 0.3) is 0 Å². The lowest BCUT2D eigenvalue weighted by molar-refractivity contribution is -0.134. The van der Waals surface area contributed by atoms with Crippen LogP contribution in [0.5, 0.6) is 0 Å². The molecule has 5 heteroatoms. The molecule has 0 radical (unpaired) electrons. The van der Waals surface area contributed by atoms with E-state index in [1.807, 2.05) is 53.4 Å². The van der Waals surface area contributed by atoms with Gasteiger partial charge in [-0.15, -0.1) is 0 Å². The summed E-state index contributed by atoms with van der Waals surface area (Å²) < 4.78 is 0. The maximum atomic E-state index is 13.1. The van der Waals surface area contributed by atoms with Crippen LogP contribution < -0.4 is 5.32 Å². The van der Waals surface area contributed by atoms with Crippen molar-refractivity contribution in [2.24, 2.45) is 16.7 Å². The number of hydrogen-bond acceptors (Lipinski definition) is 5. The van der Waals surface area contributed by atoms with Crippen molar-refractivity contribution in [3.63, 3.8) is 0 Å². The van der Waals surface area contributed by atoms with Gasteiger partial charge in [-0.25, -0.2) is 0 Å². The zero-order valence-corrected chi connectivity index (χ0v) is 22.6. The number of carbonyl (C=O) groups excluding carboxylic acids is 3. The molecule has 5 nitrogen and oxygen atoms in total. The fourth-order valence-corrected chi connectivity index (χ4v) is 4.31. The number of carbonyl (C=O) groups is 3. The lowest BCUT2D eigenvalue weighted by Gasteiger charge is -2.38. The Hall–Kier alpha value is -1.07. The minimum Gasteiger partial charge on any atom is -0.309 e. The van der Waals surface area contributed by atoms with Gasteiger partial charge in [0.05, 0.1) is 19.1 Å². The highest BCUT2D eigenvalue weighted by atomic mass is 16.1. The molecule has 1 aliphatic carbocycles. The summed E-state index contributed by atoms with van der Waals surface area (Å²) in [7, 11) is 0. The SMILES string of the molecule is CCC(=O)C(CC1CCC(NC(C)(C)C)CC1)N(CC(=O)C(C)(C)C)CC(=O)C(C)(C)C. The average Bonchev–Trinajstić information content (AvgIpc) is 2.63. The fourth-order valence-electron chi connectivity index (χ4n) is 4.31. The van der Waals surface area contributed by atoms with E-state index in [0.717, 1.165) is 32.1 Å². The van der Waals surface area contributed by atoms with Crippen LogP contribution in [0.2, 0.25) is 0 Å². The summed E-state index contributed by atoms with van der Waals surface area (Å²) in [6, 6.07) is 0.155. The Morgan fingerprint density at radius 2 is 1.25 bits per heavy atom. The maximum absolute atomic E-state index is 13.1. The van der Waals surface area contributed by atoms with E-state index in [0.29, 0.717) is 18.4 Å². The van der Waals surface area contributed by atoms with E-state index in [4.69, 9.17) is 0 Å². The molecule has 0 bridgehead atoms. The van der Waals surface area contributed by atoms with Crippen LogP contribution in [0.4, 0.5) is 0 Å². The van der Waals surface area contributed by atoms with Crippen molar-refractivity contribution >= 4 is 17.3 Å². The van der Waals surface area contributed by atoms with Crippen molar-refractivity contribution in [3.05, 3.63) is 0 Å². The molecule has 1 saturated carbocycles. The molecule has 1 rings (SSSR count). The minimum atomic E-state index is -0.500. The molecule has 0 heterocycles. The second kappa shape index (κ2) is 11.4. The molecule has 1 aliphatic rings. The van der Waals surface area contributed by atoms with Gasteiger partial charge in [-0.3, -0.25) is 19.3 Å². The Bertz CT molecular complexity index is 613. The second-order valence-corrected chi connectivity index (χ2v) is 12.9. The maximum Gasteiger partial charge on any atom is 0.152 e. The molecule has 32 heavy (non-hydrogen) atoms. The highest BCUT2D eigenvalue weighted by Crippen LogP contribution is 2.31. The van der Waals surface area contributed by atoms with Crippen molar-refractivity contribution in [3.8, 4) is 0 Å². The van der Waals surface area contributed by atoms with Gasteiger partial charge in [-0.05, 0) is 58.8 Å². The summed E-state index contributed by atoms with van der Waals surface area (Å²) in [5.41, 5.74) is -0.894. The number of Topliss-reactive ketones (excluding diaryl/α,β-unsaturated/α-hetero) is 3. The van der Waals surface area contributed by atoms with Crippen molar-refractivity contribution < 1.29 is 14.4 Å². The number of ketones is 3. The van der Waals surface area contributed by atoms with Crippen LogP contribution in [0.1, 0.15) is 108 Å². The van der Waals surface area contributed by atoms with Crippen molar-refractivity contribution in [2.75, 3.05) is 13.1 Å². The molecule has 0 aromatic heterocycles. The van der Waals surface area contributed by atoms with E-state index in [2.05, 4.69) is 26.1 Å². The molecule has 1 N–H and O–H groups in total. The van der Waals surface area contributed by atoms with Gasteiger partial charge in [0.2, 0.25) is 0 Å². The monoisotopic (exact) mass is 450 g/mol. The van der Waals surface area contributed by atoms with Gasteiger partial charge >= 0.3 is 0 Å². The standard InChI is InChI=1S/C27H50N2O3/c1-11-22(30)21(16-19-12-14-20(15-13-19)28-27(8,9)10)29(17-23(31)25(2,3)4)18-24(32)26(5,6)7/h19-21,28H,11-18H2,1-10H3. The highest BCUT2D eigenvalue weighted by Gasteiger charge is 2.36. The third kappa shape index (κ3) is 9.82. The van der Waals surface area contributed by atoms with E-state index >= 15 is 0 Å². The molecular formula is C27H50N2O3. The quantitative estimate of drug-likeness (QED) is 0.495. The van der Waals surface area contributed by atoms with E-state index in [9.17, 15) is 14.4 Å². The molecule has 1 fully saturated rings. The third-order valence-corrected chi connectivity index (χ3v) is 6.57. The molecule has 0 aliphatic heterocycles. The molecule has 186 valence electrons. The van der Waals surface area contributed by atoms with Crippen molar-refractivity contribution in [1.29, 1.82) is 0 Å². The minimum absolute atomic E-state index is 0.0752. The second-order valence-electron chi connectivity index (χ2n) is 12.9. The third-order valence-electron chi connectivity index (χ3n) is 6.57. The number of rotatable bonds is 10. The van der Waals surface area contributed by atoms with E-state index in [1.165, 1.54) is 0 Å². The summed E-state index contributed by atoms with van der Waals surface area (Å²) in [5.74, 6) is 0.742. The van der Waals surface area contributed by atoms with Gasteiger partial charge < -0.3 is 5.32 Å². The smallest absolute Gasteiger partial charge is 0.152 e. The topological polar surface area (TPSA) is 66.5 Å². The summed E-state index contributed by atoms with van der Waals surface area (Å²) in [6.45, 7) is 20.2. The molecule has 0 spiro atoms. The zero-order valence-electron chi connectivity index (χ0n) is 22.6. The normalized spacial score (nSPS) is 21.5. The lowest BCUT2D eigenvalue weighted by Crippen LogP contribution is -2.51. The Labute approximate surface area is 197 Å². The Morgan fingerprint density at radius 1 is 0.812 bits per heavy atom. The van der Waals surface area contributed by atoms with E-state index in [1.54, 1.807) is 0 Å². The zero-order chi connectivity index (χ0) is 24.9. The predicted molar refractivity (Wildman–Crippen MR) is 133 cm³/mol. The number of nitrogens with zero attached hydrogens (tertiary/aromatic N) is 1. The number of hydrogen-bond donors (Lipinski definition) is 1. The van der Waals surface area contributed by atoms with Gasteiger partial charge in [0.15, 0.2) is 11.6 Å². The van der Waals surface area contributed by atoms with E-state index < -0.39 is 10.8 Å². The lowest BCUT2D eigenvalue weighted by atomic mass is 9.80. The molecular weight excluding hydrogens is 400 g/mol. The van der Waals surface area contributed by atoms with Crippen molar-refractivity contribution in [2.45, 2.75) is 125 Å². The molecule has 0 saturated heterocycles. The first kappa shape index (κ1) is 29.0. The van der Waals surface area contributed by atoms with Gasteiger partial charge in [-0.2, -0.15) is 0 Å². The first-order valence-corrected chi connectivity index (χ1v) is 12.5. The molecule has 0 aromatic rings. The summed E-state index contributed by atoms with van der Waals surface area (Å²) >= 11 is 0. The van der Waals surface area contributed by atoms with Crippen LogP contribution >= 0.6 is 0 Å². The first-order chi connectivity index (χ1) is 14.4. The number of nitrogens with one attached hydrogen (secondary N) is 1. The van der Waals surface area contributed by atoms with Gasteiger partial charge in [-0.1, -0.05) is 48.5 Å². The molecule has 1 atom stereocenters. The van der Waals surface area contributed by atoms with Crippen LogP contribution in [0.3, 0.4) is 0 Å². The van der Waals surface area contributed by atoms with E-state index in [-0.39, 0.29) is 42.0 Å².